The third-order valence-corrected chi connectivity index (χ3v) is 1.44. The van der Waals surface area contributed by atoms with E-state index in [4.69, 9.17) is 10.2 Å². The molecule has 0 saturated heterocycles. The van der Waals surface area contributed by atoms with E-state index in [2.05, 4.69) is 12.6 Å². The molecule has 0 saturated carbocycles. The third kappa shape index (κ3) is 4.43. The van der Waals surface area contributed by atoms with Crippen LogP contribution in [0.3, 0.4) is 0 Å². The average molecular weight is 136 g/mol. The van der Waals surface area contributed by atoms with Gasteiger partial charge < -0.3 is 10.2 Å². The number of aliphatic hydroxyl groups excluding tert-OH is 2. The lowest BCUT2D eigenvalue weighted by Gasteiger charge is -2.03. The Bertz CT molecular complexity index is 43.7. The van der Waals surface area contributed by atoms with Crippen LogP contribution in [0.15, 0.2) is 0 Å². The van der Waals surface area contributed by atoms with Crippen LogP contribution >= 0.6 is 12.6 Å². The molecule has 0 radical (unpaired) electrons. The molecule has 2 nitrogen and oxygen atoms in total. The van der Waals surface area contributed by atoms with Gasteiger partial charge in [0, 0.05) is 18.5 Å². The number of hydrogen-bond donors (Lipinski definition) is 3. The molecule has 50 valence electrons. The van der Waals surface area contributed by atoms with E-state index in [0.29, 0.717) is 12.8 Å². The summed E-state index contributed by atoms with van der Waals surface area (Å²) in [6.07, 6.45) is 1.34. The molecule has 0 rings (SSSR count). The Labute approximate surface area is 54.9 Å². The van der Waals surface area contributed by atoms with Crippen LogP contribution in [-0.2, 0) is 0 Å². The van der Waals surface area contributed by atoms with Gasteiger partial charge in [0.05, 0.1) is 0 Å². The van der Waals surface area contributed by atoms with Crippen LogP contribution < -0.4 is 0 Å². The van der Waals surface area contributed by atoms with E-state index >= 15 is 0 Å². The van der Waals surface area contributed by atoms with Gasteiger partial charge in [-0.3, -0.25) is 0 Å². The molecule has 8 heavy (non-hydrogen) atoms. The predicted molar refractivity (Wildman–Crippen MR) is 36.2 cm³/mol. The summed E-state index contributed by atoms with van der Waals surface area (Å²) in [6, 6.07) is 0. The SMILES string of the molecule is OCCC(S)CCO. The van der Waals surface area contributed by atoms with E-state index < -0.39 is 0 Å². The first-order valence-electron chi connectivity index (χ1n) is 2.71. The predicted octanol–water partition coefficient (Wildman–Crippen LogP) is 0.0496. The molecule has 0 aliphatic heterocycles. The molecule has 0 aliphatic carbocycles. The third-order valence-electron chi connectivity index (χ3n) is 0.925. The monoisotopic (exact) mass is 136 g/mol. The summed E-state index contributed by atoms with van der Waals surface area (Å²) in [7, 11) is 0. The molecule has 0 aliphatic rings. The fourth-order valence-corrected chi connectivity index (χ4v) is 0.673. The van der Waals surface area contributed by atoms with Crippen LogP contribution in [0.1, 0.15) is 12.8 Å². The van der Waals surface area contributed by atoms with Gasteiger partial charge in [-0.1, -0.05) is 0 Å². The van der Waals surface area contributed by atoms with E-state index in [9.17, 15) is 0 Å². The highest BCUT2D eigenvalue weighted by Crippen LogP contribution is 2.03. The van der Waals surface area contributed by atoms with E-state index in [1.807, 2.05) is 0 Å². The first kappa shape index (κ1) is 8.27. The first-order chi connectivity index (χ1) is 3.81. The topological polar surface area (TPSA) is 40.5 Å². The normalized spacial score (nSPS) is 10.5. The second kappa shape index (κ2) is 5.41. The Morgan fingerprint density at radius 1 is 1.12 bits per heavy atom. The van der Waals surface area contributed by atoms with Crippen molar-refractivity contribution in [1.29, 1.82) is 0 Å². The molecule has 0 unspecified atom stereocenters. The molecule has 0 bridgehead atoms. The Kier molecular flexibility index (Phi) is 5.59. The van der Waals surface area contributed by atoms with Crippen LogP contribution in [0, 0.1) is 0 Å². The van der Waals surface area contributed by atoms with Gasteiger partial charge in [-0.2, -0.15) is 12.6 Å². The van der Waals surface area contributed by atoms with Crippen molar-refractivity contribution in [2.24, 2.45) is 0 Å². The summed E-state index contributed by atoms with van der Waals surface area (Å²) < 4.78 is 0. The largest absolute Gasteiger partial charge is 0.396 e. The van der Waals surface area contributed by atoms with E-state index in [1.165, 1.54) is 0 Å². The van der Waals surface area contributed by atoms with Crippen molar-refractivity contribution in [1.82, 2.24) is 0 Å². The average Bonchev–Trinajstić information content (AvgIpc) is 1.68. The molecule has 0 fully saturated rings. The molecule has 0 atom stereocenters. The van der Waals surface area contributed by atoms with Crippen LogP contribution in [-0.4, -0.2) is 28.7 Å². The van der Waals surface area contributed by atoms with Crippen LogP contribution in [0.5, 0.6) is 0 Å². The Morgan fingerprint density at radius 3 is 1.75 bits per heavy atom. The standard InChI is InChI=1S/C5H12O2S/c6-3-1-5(8)2-4-7/h5-8H,1-4H2. The number of hydrogen-bond acceptors (Lipinski definition) is 3. The van der Waals surface area contributed by atoms with Crippen molar-refractivity contribution in [3.8, 4) is 0 Å². The van der Waals surface area contributed by atoms with Gasteiger partial charge in [-0.15, -0.1) is 0 Å². The maximum atomic E-state index is 8.33. The fraction of sp³-hybridized carbons (Fsp3) is 1.00. The van der Waals surface area contributed by atoms with Crippen molar-refractivity contribution < 1.29 is 10.2 Å². The van der Waals surface area contributed by atoms with Gasteiger partial charge in [-0.25, -0.2) is 0 Å². The minimum atomic E-state index is 0.157. The molecule has 3 heteroatoms. The van der Waals surface area contributed by atoms with Crippen LogP contribution in [0.4, 0.5) is 0 Å². The van der Waals surface area contributed by atoms with Gasteiger partial charge in [0.25, 0.3) is 0 Å². The van der Waals surface area contributed by atoms with Crippen LogP contribution in [0.25, 0.3) is 0 Å². The summed E-state index contributed by atoms with van der Waals surface area (Å²) in [6.45, 7) is 0.322. The van der Waals surface area contributed by atoms with Gasteiger partial charge >= 0.3 is 0 Å². The molecule has 2 N–H and O–H groups in total. The van der Waals surface area contributed by atoms with Crippen molar-refractivity contribution in [3.05, 3.63) is 0 Å². The zero-order chi connectivity index (χ0) is 6.41. The lowest BCUT2D eigenvalue weighted by molar-refractivity contribution is 0.260. The smallest absolute Gasteiger partial charge is 0.0441 e. The molecule has 0 aromatic rings. The minimum Gasteiger partial charge on any atom is -0.396 e. The van der Waals surface area contributed by atoms with Gasteiger partial charge in [0.2, 0.25) is 0 Å². The summed E-state index contributed by atoms with van der Waals surface area (Å²) >= 11 is 4.07. The molecule has 0 spiro atoms. The Hall–Kier alpha value is 0.270. The van der Waals surface area contributed by atoms with Crippen molar-refractivity contribution >= 4 is 12.6 Å². The maximum Gasteiger partial charge on any atom is 0.0441 e. The second-order valence-corrected chi connectivity index (χ2v) is 2.41. The maximum absolute atomic E-state index is 8.33. The molecule has 0 heterocycles. The van der Waals surface area contributed by atoms with Crippen molar-refractivity contribution in [2.45, 2.75) is 18.1 Å². The summed E-state index contributed by atoms with van der Waals surface area (Å²) in [5, 5.41) is 16.8. The summed E-state index contributed by atoms with van der Waals surface area (Å²) in [4.78, 5) is 0. The van der Waals surface area contributed by atoms with Gasteiger partial charge in [0.15, 0.2) is 0 Å². The Morgan fingerprint density at radius 2 is 1.50 bits per heavy atom. The minimum absolute atomic E-state index is 0.157. The lowest BCUT2D eigenvalue weighted by Crippen LogP contribution is -2.03. The zero-order valence-corrected chi connectivity index (χ0v) is 5.64. The highest BCUT2D eigenvalue weighted by atomic mass is 32.1. The summed E-state index contributed by atoms with van der Waals surface area (Å²) in [5.74, 6) is 0. The quantitative estimate of drug-likeness (QED) is 0.478. The molecular weight excluding hydrogens is 124 g/mol. The van der Waals surface area contributed by atoms with E-state index in [-0.39, 0.29) is 18.5 Å². The zero-order valence-electron chi connectivity index (χ0n) is 4.75. The molecule has 0 aromatic heterocycles. The Balaban J connectivity index is 2.92. The van der Waals surface area contributed by atoms with E-state index in [1.54, 1.807) is 0 Å². The second-order valence-electron chi connectivity index (χ2n) is 1.68. The lowest BCUT2D eigenvalue weighted by atomic mass is 10.2. The van der Waals surface area contributed by atoms with Gasteiger partial charge in [0.1, 0.15) is 0 Å². The molecular formula is C5H12O2S. The first-order valence-corrected chi connectivity index (χ1v) is 3.22. The van der Waals surface area contributed by atoms with Crippen molar-refractivity contribution in [3.63, 3.8) is 0 Å². The van der Waals surface area contributed by atoms with E-state index in [0.717, 1.165) is 0 Å². The highest BCUT2D eigenvalue weighted by molar-refractivity contribution is 7.80. The summed E-state index contributed by atoms with van der Waals surface area (Å²) in [5.41, 5.74) is 0. The number of thiol groups is 1. The highest BCUT2D eigenvalue weighted by Gasteiger charge is 1.98. The van der Waals surface area contributed by atoms with Crippen molar-refractivity contribution in [2.75, 3.05) is 13.2 Å². The number of aliphatic hydroxyl groups is 2. The fourth-order valence-electron chi connectivity index (χ4n) is 0.442. The van der Waals surface area contributed by atoms with Crippen LogP contribution in [0.2, 0.25) is 0 Å². The molecule has 0 aromatic carbocycles. The number of rotatable bonds is 4. The molecule has 0 amide bonds. The van der Waals surface area contributed by atoms with Gasteiger partial charge in [-0.05, 0) is 12.8 Å².